The third kappa shape index (κ3) is 2.74. The van der Waals surface area contributed by atoms with Crippen LogP contribution in [0, 0.1) is 5.82 Å². The molecule has 1 aromatic carbocycles. The number of hydrogen-bond acceptors (Lipinski definition) is 4. The Morgan fingerprint density at radius 3 is 2.86 bits per heavy atom. The summed E-state index contributed by atoms with van der Waals surface area (Å²) in [6.07, 6.45) is 3.14. The number of hydrogen-bond donors (Lipinski definition) is 0. The molecule has 2 heterocycles. The smallest absolute Gasteiger partial charge is 0.270 e. The zero-order valence-electron chi connectivity index (χ0n) is 10.4. The molecule has 0 radical (unpaired) electrons. The molecular formula is C14H7ClFNO2S2. The molecule has 0 N–H and O–H groups in total. The van der Waals surface area contributed by atoms with Crippen molar-refractivity contribution in [2.75, 3.05) is 4.90 Å². The maximum atomic E-state index is 13.2. The van der Waals surface area contributed by atoms with Crippen molar-refractivity contribution >= 4 is 57.6 Å². The number of thioether (sulfide) groups is 1. The highest BCUT2D eigenvalue weighted by Gasteiger charge is 2.33. The number of thiocarbonyl (C=S) groups is 1. The molecule has 21 heavy (non-hydrogen) atoms. The van der Waals surface area contributed by atoms with E-state index in [9.17, 15) is 9.18 Å². The molecule has 7 heteroatoms. The molecule has 2 aromatic rings. The monoisotopic (exact) mass is 339 g/mol. The zero-order chi connectivity index (χ0) is 15.0. The van der Waals surface area contributed by atoms with Crippen LogP contribution in [0.25, 0.3) is 6.08 Å². The topological polar surface area (TPSA) is 33.5 Å². The van der Waals surface area contributed by atoms with Gasteiger partial charge in [0.2, 0.25) is 0 Å². The molecule has 0 spiro atoms. The molecule has 0 saturated carbocycles. The van der Waals surface area contributed by atoms with Crippen molar-refractivity contribution in [2.45, 2.75) is 0 Å². The summed E-state index contributed by atoms with van der Waals surface area (Å²) in [6.45, 7) is 0. The predicted octanol–water partition coefficient (Wildman–Crippen LogP) is 4.48. The fourth-order valence-corrected chi connectivity index (χ4v) is 3.27. The number of benzene rings is 1. The lowest BCUT2D eigenvalue weighted by Crippen LogP contribution is -2.27. The van der Waals surface area contributed by atoms with Gasteiger partial charge in [-0.05, 0) is 30.3 Å². The molecular weight excluding hydrogens is 333 g/mol. The average Bonchev–Trinajstić information content (AvgIpc) is 3.03. The Kier molecular flexibility index (Phi) is 3.84. The second kappa shape index (κ2) is 5.63. The summed E-state index contributed by atoms with van der Waals surface area (Å²) >= 11 is 12.1. The van der Waals surface area contributed by atoms with Crippen LogP contribution in [0.5, 0.6) is 0 Å². The van der Waals surface area contributed by atoms with Crippen LogP contribution in [0.2, 0.25) is 5.02 Å². The molecule has 0 unspecified atom stereocenters. The van der Waals surface area contributed by atoms with Crippen LogP contribution in [0.1, 0.15) is 5.76 Å². The van der Waals surface area contributed by atoms with Crippen LogP contribution in [-0.4, -0.2) is 10.2 Å². The number of nitrogens with zero attached hydrogens (tertiary/aromatic N) is 1. The molecule has 1 saturated heterocycles. The molecule has 0 bridgehead atoms. The van der Waals surface area contributed by atoms with Gasteiger partial charge in [0.05, 0.1) is 21.9 Å². The van der Waals surface area contributed by atoms with Crippen LogP contribution < -0.4 is 4.90 Å². The number of carbonyl (C=O) groups is 1. The molecule has 106 valence electrons. The summed E-state index contributed by atoms with van der Waals surface area (Å²) in [5, 5.41) is -0.0587. The Balaban J connectivity index is 1.95. The number of amides is 1. The highest BCUT2D eigenvalue weighted by atomic mass is 35.5. The maximum absolute atomic E-state index is 13.2. The third-order valence-electron chi connectivity index (χ3n) is 2.77. The van der Waals surface area contributed by atoms with Gasteiger partial charge >= 0.3 is 0 Å². The molecule has 0 atom stereocenters. The number of anilines is 1. The molecule has 3 rings (SSSR count). The number of halogens is 2. The Labute approximate surface area is 134 Å². The van der Waals surface area contributed by atoms with E-state index in [1.165, 1.54) is 29.4 Å². The van der Waals surface area contributed by atoms with Crippen LogP contribution in [0.4, 0.5) is 10.1 Å². The highest BCUT2D eigenvalue weighted by Crippen LogP contribution is 2.37. The summed E-state index contributed by atoms with van der Waals surface area (Å²) in [6, 6.07) is 7.50. The van der Waals surface area contributed by atoms with E-state index in [-0.39, 0.29) is 10.9 Å². The van der Waals surface area contributed by atoms with Gasteiger partial charge in [0.1, 0.15) is 11.6 Å². The fourth-order valence-electron chi connectivity index (χ4n) is 1.82. The lowest BCUT2D eigenvalue weighted by molar-refractivity contribution is -0.113. The van der Waals surface area contributed by atoms with Gasteiger partial charge in [0.15, 0.2) is 4.32 Å². The summed E-state index contributed by atoms with van der Waals surface area (Å²) < 4.78 is 18.8. The Morgan fingerprint density at radius 2 is 2.19 bits per heavy atom. The second-order valence-corrected chi connectivity index (χ2v) is 6.21. The van der Waals surface area contributed by atoms with Crippen molar-refractivity contribution < 1.29 is 13.6 Å². The van der Waals surface area contributed by atoms with Crippen molar-refractivity contribution in [2.24, 2.45) is 0 Å². The van der Waals surface area contributed by atoms with Crippen molar-refractivity contribution in [3.05, 3.63) is 58.1 Å². The van der Waals surface area contributed by atoms with E-state index in [1.807, 2.05) is 0 Å². The van der Waals surface area contributed by atoms with E-state index in [2.05, 4.69) is 0 Å². The number of rotatable bonds is 2. The summed E-state index contributed by atoms with van der Waals surface area (Å²) in [4.78, 5) is 14.2. The molecule has 1 amide bonds. The summed E-state index contributed by atoms with van der Waals surface area (Å²) in [5.74, 6) is -0.270. The van der Waals surface area contributed by atoms with E-state index in [4.69, 9.17) is 28.2 Å². The van der Waals surface area contributed by atoms with Gasteiger partial charge in [0.25, 0.3) is 5.91 Å². The number of furan rings is 1. The van der Waals surface area contributed by atoms with Crippen LogP contribution in [-0.2, 0) is 4.79 Å². The maximum Gasteiger partial charge on any atom is 0.270 e. The van der Waals surface area contributed by atoms with Gasteiger partial charge in [-0.25, -0.2) is 4.39 Å². The van der Waals surface area contributed by atoms with E-state index in [0.717, 1.165) is 11.8 Å². The SMILES string of the molecule is O=C1/C(=C\c2ccco2)SC(=S)N1c1ccc(F)c(Cl)c1. The minimum absolute atomic E-state index is 0.0587. The van der Waals surface area contributed by atoms with E-state index >= 15 is 0 Å². The van der Waals surface area contributed by atoms with E-state index in [0.29, 0.717) is 20.7 Å². The van der Waals surface area contributed by atoms with Crippen LogP contribution >= 0.6 is 35.6 Å². The molecule has 1 aliphatic heterocycles. The molecule has 0 aliphatic carbocycles. The minimum Gasteiger partial charge on any atom is -0.465 e. The first kappa shape index (κ1) is 14.3. The van der Waals surface area contributed by atoms with E-state index in [1.54, 1.807) is 18.2 Å². The van der Waals surface area contributed by atoms with Gasteiger partial charge in [-0.1, -0.05) is 35.6 Å². The average molecular weight is 340 g/mol. The first-order valence-corrected chi connectivity index (χ1v) is 7.43. The predicted molar refractivity (Wildman–Crippen MR) is 85.8 cm³/mol. The normalized spacial score (nSPS) is 17.0. The standard InChI is InChI=1S/C14H7ClFNO2S2/c15-10-6-8(3-4-11(10)16)17-13(18)12(21-14(17)20)7-9-2-1-5-19-9/h1-7H/b12-7+. The van der Waals surface area contributed by atoms with Crippen molar-refractivity contribution in [3.8, 4) is 0 Å². The third-order valence-corrected chi connectivity index (χ3v) is 4.36. The molecule has 1 aliphatic rings. The Bertz CT molecular complexity index is 758. The fraction of sp³-hybridized carbons (Fsp3) is 0. The molecule has 1 aromatic heterocycles. The van der Waals surface area contributed by atoms with Gasteiger partial charge in [-0.3, -0.25) is 9.69 Å². The summed E-state index contributed by atoms with van der Waals surface area (Å²) in [7, 11) is 0. The van der Waals surface area contributed by atoms with Gasteiger partial charge in [-0.15, -0.1) is 0 Å². The summed E-state index contributed by atoms with van der Waals surface area (Å²) in [5.41, 5.74) is 0.437. The van der Waals surface area contributed by atoms with Gasteiger partial charge in [0, 0.05) is 6.08 Å². The lowest BCUT2D eigenvalue weighted by atomic mass is 10.2. The second-order valence-electron chi connectivity index (χ2n) is 4.13. The highest BCUT2D eigenvalue weighted by molar-refractivity contribution is 8.27. The minimum atomic E-state index is -0.544. The van der Waals surface area contributed by atoms with Crippen LogP contribution in [0.3, 0.4) is 0 Å². The first-order valence-electron chi connectivity index (χ1n) is 5.83. The largest absolute Gasteiger partial charge is 0.465 e. The molecule has 1 fully saturated rings. The lowest BCUT2D eigenvalue weighted by Gasteiger charge is -2.14. The van der Waals surface area contributed by atoms with Gasteiger partial charge in [-0.2, -0.15) is 0 Å². The van der Waals surface area contributed by atoms with E-state index < -0.39 is 5.82 Å². The first-order chi connectivity index (χ1) is 10.1. The Morgan fingerprint density at radius 1 is 1.38 bits per heavy atom. The van der Waals surface area contributed by atoms with Crippen molar-refractivity contribution in [1.82, 2.24) is 0 Å². The van der Waals surface area contributed by atoms with Gasteiger partial charge < -0.3 is 4.42 Å². The number of carbonyl (C=O) groups excluding carboxylic acids is 1. The van der Waals surface area contributed by atoms with Crippen molar-refractivity contribution in [1.29, 1.82) is 0 Å². The molecule has 3 nitrogen and oxygen atoms in total. The van der Waals surface area contributed by atoms with Crippen LogP contribution in [0.15, 0.2) is 45.9 Å². The van der Waals surface area contributed by atoms with Crippen molar-refractivity contribution in [3.63, 3.8) is 0 Å². The quantitative estimate of drug-likeness (QED) is 0.596. The zero-order valence-corrected chi connectivity index (χ0v) is 12.8. The Hall–Kier alpha value is -1.63.